The molecule has 1 saturated heterocycles. The molecule has 2 aliphatic rings. The minimum atomic E-state index is -1.43. The Balaban J connectivity index is 1.88. The third-order valence-electron chi connectivity index (χ3n) is 4.42. The molecule has 2 aliphatic heterocycles. The van der Waals surface area contributed by atoms with Gasteiger partial charge in [0, 0.05) is 17.7 Å². The number of aliphatic carboxylic acids is 1. The maximum atomic E-state index is 12.8. The molecule has 2 atom stereocenters. The number of nitrogens with one attached hydrogen (secondary N) is 1. The number of amides is 2. The van der Waals surface area contributed by atoms with Gasteiger partial charge in [0.15, 0.2) is 5.60 Å². The summed E-state index contributed by atoms with van der Waals surface area (Å²) in [4.78, 5) is 38.0. The van der Waals surface area contributed by atoms with Gasteiger partial charge in [0.1, 0.15) is 11.6 Å². The Bertz CT molecular complexity index is 756. The standard InChI is InChI=1S/C18H22N2O6/c1-17(2,3)26-16(24)20-10-18(8-13(20)14(21)22)15(23)19-12-7-5-4-6-11(12)9-25-18/h4-7,13H,8-10H2,1-3H3,(H,19,23)(H,21,22)/t13-,18?/m0/s1. The molecule has 140 valence electrons. The Hall–Kier alpha value is -2.61. The molecule has 2 amide bonds. The Morgan fingerprint density at radius 1 is 1.35 bits per heavy atom. The fourth-order valence-electron chi connectivity index (χ4n) is 3.16. The number of hydrogen-bond acceptors (Lipinski definition) is 5. The molecule has 1 fully saturated rings. The van der Waals surface area contributed by atoms with E-state index in [0.717, 1.165) is 10.5 Å². The number of carboxylic acid groups (broad SMARTS) is 1. The summed E-state index contributed by atoms with van der Waals surface area (Å²) in [5.41, 5.74) is -0.796. The van der Waals surface area contributed by atoms with Gasteiger partial charge in [-0.05, 0) is 26.8 Å². The van der Waals surface area contributed by atoms with Crippen molar-refractivity contribution in [2.24, 2.45) is 0 Å². The topological polar surface area (TPSA) is 105 Å². The second-order valence-electron chi connectivity index (χ2n) is 7.56. The molecule has 1 spiro atoms. The van der Waals surface area contributed by atoms with Gasteiger partial charge in [-0.1, -0.05) is 18.2 Å². The lowest BCUT2D eigenvalue weighted by molar-refractivity contribution is -0.143. The zero-order chi connectivity index (χ0) is 19.1. The number of likely N-dealkylation sites (tertiary alicyclic amines) is 1. The van der Waals surface area contributed by atoms with Crippen molar-refractivity contribution < 1.29 is 29.0 Å². The normalized spacial score (nSPS) is 25.4. The first-order valence-corrected chi connectivity index (χ1v) is 8.37. The van der Waals surface area contributed by atoms with E-state index < -0.39 is 35.2 Å². The highest BCUT2D eigenvalue weighted by Gasteiger charge is 2.56. The lowest BCUT2D eigenvalue weighted by Crippen LogP contribution is -2.48. The average Bonchev–Trinajstić information content (AvgIpc) is 2.88. The number of hydrogen-bond donors (Lipinski definition) is 2. The summed E-state index contributed by atoms with van der Waals surface area (Å²) >= 11 is 0. The number of rotatable bonds is 1. The predicted octanol–water partition coefficient (Wildman–Crippen LogP) is 1.99. The van der Waals surface area contributed by atoms with Crippen molar-refractivity contribution in [2.45, 2.75) is 51.0 Å². The monoisotopic (exact) mass is 362 g/mol. The molecular weight excluding hydrogens is 340 g/mol. The number of benzene rings is 1. The largest absolute Gasteiger partial charge is 0.480 e. The fraction of sp³-hybridized carbons (Fsp3) is 0.500. The minimum absolute atomic E-state index is 0.138. The molecule has 1 aromatic carbocycles. The van der Waals surface area contributed by atoms with E-state index in [9.17, 15) is 19.5 Å². The number of para-hydroxylation sites is 1. The van der Waals surface area contributed by atoms with Gasteiger partial charge in [-0.2, -0.15) is 0 Å². The van der Waals surface area contributed by atoms with Crippen LogP contribution in [0.15, 0.2) is 24.3 Å². The van der Waals surface area contributed by atoms with Crippen LogP contribution in [-0.2, 0) is 25.7 Å². The van der Waals surface area contributed by atoms with E-state index in [4.69, 9.17) is 9.47 Å². The van der Waals surface area contributed by atoms with E-state index in [-0.39, 0.29) is 19.6 Å². The predicted molar refractivity (Wildman–Crippen MR) is 91.6 cm³/mol. The summed E-state index contributed by atoms with van der Waals surface area (Å²) < 4.78 is 11.2. The van der Waals surface area contributed by atoms with Crippen molar-refractivity contribution in [1.82, 2.24) is 4.90 Å². The van der Waals surface area contributed by atoms with E-state index in [1.54, 1.807) is 32.9 Å². The van der Waals surface area contributed by atoms with Crippen molar-refractivity contribution in [3.05, 3.63) is 29.8 Å². The third kappa shape index (κ3) is 3.37. The maximum absolute atomic E-state index is 12.8. The fourth-order valence-corrected chi connectivity index (χ4v) is 3.16. The molecule has 8 heteroatoms. The first-order valence-electron chi connectivity index (χ1n) is 8.37. The van der Waals surface area contributed by atoms with E-state index in [0.29, 0.717) is 5.69 Å². The van der Waals surface area contributed by atoms with E-state index in [1.165, 1.54) is 0 Å². The van der Waals surface area contributed by atoms with Crippen molar-refractivity contribution in [3.63, 3.8) is 0 Å². The minimum Gasteiger partial charge on any atom is -0.480 e. The van der Waals surface area contributed by atoms with Crippen LogP contribution in [0.3, 0.4) is 0 Å². The molecule has 0 aromatic heterocycles. The molecule has 3 rings (SSSR count). The number of carbonyl (C=O) groups excluding carboxylic acids is 2. The Kier molecular flexibility index (Phi) is 4.39. The van der Waals surface area contributed by atoms with Crippen LogP contribution in [-0.4, -0.2) is 51.8 Å². The Morgan fingerprint density at radius 3 is 2.69 bits per heavy atom. The maximum Gasteiger partial charge on any atom is 0.411 e. The summed E-state index contributed by atoms with van der Waals surface area (Å²) in [5, 5.41) is 12.3. The zero-order valence-corrected chi connectivity index (χ0v) is 14.9. The van der Waals surface area contributed by atoms with Crippen LogP contribution in [0.4, 0.5) is 10.5 Å². The lowest BCUT2D eigenvalue weighted by atomic mass is 9.99. The molecule has 1 unspecified atom stereocenters. The summed E-state index contributed by atoms with van der Waals surface area (Å²) in [6.07, 6.45) is -0.915. The molecule has 0 bridgehead atoms. The van der Waals surface area contributed by atoms with Crippen molar-refractivity contribution in [1.29, 1.82) is 0 Å². The first-order chi connectivity index (χ1) is 12.1. The van der Waals surface area contributed by atoms with E-state index in [1.807, 2.05) is 12.1 Å². The number of fused-ring (bicyclic) bond motifs is 1. The van der Waals surface area contributed by atoms with Crippen LogP contribution in [0.1, 0.15) is 32.8 Å². The quantitative estimate of drug-likeness (QED) is 0.791. The van der Waals surface area contributed by atoms with Crippen LogP contribution in [0.25, 0.3) is 0 Å². The van der Waals surface area contributed by atoms with Gasteiger partial charge in [0.05, 0.1) is 13.2 Å². The van der Waals surface area contributed by atoms with Gasteiger partial charge in [-0.25, -0.2) is 9.59 Å². The summed E-state index contributed by atoms with van der Waals surface area (Å²) in [6.45, 7) is 5.04. The number of nitrogens with zero attached hydrogens (tertiary/aromatic N) is 1. The summed E-state index contributed by atoms with van der Waals surface area (Å²) in [7, 11) is 0. The van der Waals surface area contributed by atoms with Gasteiger partial charge in [-0.15, -0.1) is 0 Å². The van der Waals surface area contributed by atoms with Crippen LogP contribution in [0.5, 0.6) is 0 Å². The van der Waals surface area contributed by atoms with Crippen LogP contribution in [0, 0.1) is 0 Å². The van der Waals surface area contributed by atoms with E-state index >= 15 is 0 Å². The highest BCUT2D eigenvalue weighted by atomic mass is 16.6. The van der Waals surface area contributed by atoms with Gasteiger partial charge in [0.2, 0.25) is 0 Å². The molecule has 8 nitrogen and oxygen atoms in total. The van der Waals surface area contributed by atoms with Crippen molar-refractivity contribution >= 4 is 23.7 Å². The van der Waals surface area contributed by atoms with Crippen molar-refractivity contribution in [2.75, 3.05) is 11.9 Å². The highest BCUT2D eigenvalue weighted by molar-refractivity contribution is 6.00. The summed E-state index contributed by atoms with van der Waals surface area (Å²) in [6, 6.07) is 6.00. The molecule has 26 heavy (non-hydrogen) atoms. The molecule has 0 aliphatic carbocycles. The van der Waals surface area contributed by atoms with E-state index in [2.05, 4.69) is 5.32 Å². The first kappa shape index (κ1) is 18.2. The number of anilines is 1. The third-order valence-corrected chi connectivity index (χ3v) is 4.42. The number of carboxylic acids is 1. The molecule has 2 heterocycles. The molecular formula is C18H22N2O6. The average molecular weight is 362 g/mol. The van der Waals surface area contributed by atoms with Crippen LogP contribution < -0.4 is 5.32 Å². The highest BCUT2D eigenvalue weighted by Crippen LogP contribution is 2.36. The molecule has 0 saturated carbocycles. The van der Waals surface area contributed by atoms with Crippen LogP contribution >= 0.6 is 0 Å². The van der Waals surface area contributed by atoms with Gasteiger partial charge < -0.3 is 19.9 Å². The molecule has 2 N–H and O–H groups in total. The Labute approximate surface area is 151 Å². The summed E-state index contributed by atoms with van der Waals surface area (Å²) in [5.74, 6) is -1.66. The van der Waals surface area contributed by atoms with Gasteiger partial charge >= 0.3 is 12.1 Å². The number of ether oxygens (including phenoxy) is 2. The SMILES string of the molecule is CC(C)(C)OC(=O)N1CC2(C[C@H]1C(=O)O)OCc1ccccc1NC2=O. The smallest absolute Gasteiger partial charge is 0.411 e. The van der Waals surface area contributed by atoms with Crippen LogP contribution in [0.2, 0.25) is 0 Å². The lowest BCUT2D eigenvalue weighted by Gasteiger charge is -2.28. The van der Waals surface area contributed by atoms with Gasteiger partial charge in [-0.3, -0.25) is 9.69 Å². The van der Waals surface area contributed by atoms with Crippen molar-refractivity contribution in [3.8, 4) is 0 Å². The molecule has 0 radical (unpaired) electrons. The Morgan fingerprint density at radius 2 is 2.04 bits per heavy atom. The molecule has 1 aromatic rings. The second-order valence-corrected chi connectivity index (χ2v) is 7.56. The zero-order valence-electron chi connectivity index (χ0n) is 14.9. The second kappa shape index (κ2) is 6.28. The van der Waals surface area contributed by atoms with Gasteiger partial charge in [0.25, 0.3) is 5.91 Å². The number of carbonyl (C=O) groups is 3.